The Labute approximate surface area is 83.7 Å². The zero-order chi connectivity index (χ0) is 10.1. The minimum Gasteiger partial charge on any atom is -0.313 e. The smallest absolute Gasteiger partial charge is 0.0166 e. The lowest BCUT2D eigenvalue weighted by Gasteiger charge is -2.18. The van der Waals surface area contributed by atoms with Crippen LogP contribution < -0.4 is 5.32 Å². The van der Waals surface area contributed by atoms with E-state index in [-0.39, 0.29) is 0 Å². The molecule has 1 atom stereocenters. The molecule has 0 aliphatic carbocycles. The van der Waals surface area contributed by atoms with Crippen molar-refractivity contribution in [3.8, 4) is 0 Å². The Hall–Kier alpha value is -0.0800. The van der Waals surface area contributed by atoms with Gasteiger partial charge < -0.3 is 10.2 Å². The summed E-state index contributed by atoms with van der Waals surface area (Å²) in [5.74, 6) is 0. The Bertz CT molecular complexity index is 102. The first-order valence-corrected chi connectivity index (χ1v) is 5.55. The van der Waals surface area contributed by atoms with Crippen LogP contribution in [0.15, 0.2) is 0 Å². The maximum Gasteiger partial charge on any atom is 0.0166 e. The lowest BCUT2D eigenvalue weighted by Crippen LogP contribution is -2.36. The molecular formula is C11H26N2. The summed E-state index contributed by atoms with van der Waals surface area (Å²) in [6, 6.07) is 0.622. The highest BCUT2D eigenvalue weighted by Crippen LogP contribution is 1.97. The highest BCUT2D eigenvalue weighted by Gasteiger charge is 2.00. The summed E-state index contributed by atoms with van der Waals surface area (Å²) in [6.07, 6.45) is 5.40. The van der Waals surface area contributed by atoms with Crippen LogP contribution in [-0.2, 0) is 0 Å². The zero-order valence-electron chi connectivity index (χ0n) is 9.77. The van der Waals surface area contributed by atoms with Gasteiger partial charge in [-0.2, -0.15) is 0 Å². The van der Waals surface area contributed by atoms with Crippen molar-refractivity contribution in [2.45, 2.75) is 45.6 Å². The number of nitrogens with zero attached hydrogens (tertiary/aromatic N) is 1. The molecule has 0 aromatic heterocycles. The molecule has 0 radical (unpaired) electrons. The van der Waals surface area contributed by atoms with Crippen LogP contribution in [0.25, 0.3) is 0 Å². The topological polar surface area (TPSA) is 15.3 Å². The molecule has 1 unspecified atom stereocenters. The molecule has 0 heterocycles. The summed E-state index contributed by atoms with van der Waals surface area (Å²) in [5.41, 5.74) is 0. The Balaban J connectivity index is 3.12. The minimum atomic E-state index is 0.622. The summed E-state index contributed by atoms with van der Waals surface area (Å²) >= 11 is 0. The first-order chi connectivity index (χ1) is 6.16. The molecule has 0 rings (SSSR count). The third kappa shape index (κ3) is 9.84. The van der Waals surface area contributed by atoms with E-state index in [2.05, 4.69) is 38.2 Å². The summed E-state index contributed by atoms with van der Waals surface area (Å²) < 4.78 is 0. The maximum absolute atomic E-state index is 3.53. The molecule has 0 saturated heterocycles. The first kappa shape index (κ1) is 12.9. The van der Waals surface area contributed by atoms with Gasteiger partial charge in [0.25, 0.3) is 0 Å². The van der Waals surface area contributed by atoms with Gasteiger partial charge in [-0.15, -0.1) is 0 Å². The van der Waals surface area contributed by atoms with Gasteiger partial charge in [0.2, 0.25) is 0 Å². The van der Waals surface area contributed by atoms with Gasteiger partial charge in [-0.3, -0.25) is 0 Å². The monoisotopic (exact) mass is 186 g/mol. The molecule has 0 bridgehead atoms. The predicted octanol–water partition coefficient (Wildman–Crippen LogP) is 2.11. The number of rotatable bonds is 8. The normalized spacial score (nSPS) is 13.6. The SMILES string of the molecule is CCCCCCNC(C)CN(C)C. The quantitative estimate of drug-likeness (QED) is 0.584. The summed E-state index contributed by atoms with van der Waals surface area (Å²) in [6.45, 7) is 6.81. The molecule has 0 aliphatic rings. The summed E-state index contributed by atoms with van der Waals surface area (Å²) in [5, 5.41) is 3.53. The summed E-state index contributed by atoms with van der Waals surface area (Å²) in [4.78, 5) is 2.23. The highest BCUT2D eigenvalue weighted by atomic mass is 15.1. The lowest BCUT2D eigenvalue weighted by atomic mass is 10.2. The molecule has 0 aromatic rings. The molecule has 2 nitrogen and oxygen atoms in total. The van der Waals surface area contributed by atoms with Crippen molar-refractivity contribution < 1.29 is 0 Å². The second kappa shape index (κ2) is 8.52. The fourth-order valence-corrected chi connectivity index (χ4v) is 1.51. The average molecular weight is 186 g/mol. The van der Waals surface area contributed by atoms with Crippen LogP contribution in [0, 0.1) is 0 Å². The van der Waals surface area contributed by atoms with Gasteiger partial charge >= 0.3 is 0 Å². The van der Waals surface area contributed by atoms with Crippen molar-refractivity contribution in [1.82, 2.24) is 10.2 Å². The molecule has 13 heavy (non-hydrogen) atoms. The van der Waals surface area contributed by atoms with Crippen LogP contribution in [-0.4, -0.2) is 38.1 Å². The van der Waals surface area contributed by atoms with Crippen molar-refractivity contribution >= 4 is 0 Å². The summed E-state index contributed by atoms with van der Waals surface area (Å²) in [7, 11) is 4.24. The van der Waals surface area contributed by atoms with E-state index in [4.69, 9.17) is 0 Å². The van der Waals surface area contributed by atoms with Gasteiger partial charge in [0.15, 0.2) is 0 Å². The standard InChI is InChI=1S/C11H26N2/c1-5-6-7-8-9-12-11(2)10-13(3)4/h11-12H,5-10H2,1-4H3. The van der Waals surface area contributed by atoms with Crippen LogP contribution in [0.4, 0.5) is 0 Å². The van der Waals surface area contributed by atoms with Crippen LogP contribution in [0.3, 0.4) is 0 Å². The Morgan fingerprint density at radius 2 is 1.85 bits per heavy atom. The predicted molar refractivity (Wildman–Crippen MR) is 60.2 cm³/mol. The van der Waals surface area contributed by atoms with Crippen LogP contribution in [0.1, 0.15) is 39.5 Å². The average Bonchev–Trinajstić information content (AvgIpc) is 2.02. The molecule has 0 spiro atoms. The number of unbranched alkanes of at least 4 members (excludes halogenated alkanes) is 3. The lowest BCUT2D eigenvalue weighted by molar-refractivity contribution is 0.348. The first-order valence-electron chi connectivity index (χ1n) is 5.55. The van der Waals surface area contributed by atoms with Gasteiger partial charge in [0, 0.05) is 12.6 Å². The molecule has 0 amide bonds. The number of likely N-dealkylation sites (N-methyl/N-ethyl adjacent to an activating group) is 1. The molecule has 0 fully saturated rings. The second-order valence-corrected chi connectivity index (χ2v) is 4.18. The van der Waals surface area contributed by atoms with Gasteiger partial charge in [-0.1, -0.05) is 26.2 Å². The number of hydrogen-bond donors (Lipinski definition) is 1. The molecule has 80 valence electrons. The van der Waals surface area contributed by atoms with Crippen molar-refractivity contribution in [3.63, 3.8) is 0 Å². The molecule has 0 aliphatic heterocycles. The third-order valence-electron chi connectivity index (χ3n) is 2.16. The van der Waals surface area contributed by atoms with Crippen molar-refractivity contribution in [2.24, 2.45) is 0 Å². The fourth-order valence-electron chi connectivity index (χ4n) is 1.51. The zero-order valence-corrected chi connectivity index (χ0v) is 9.77. The molecule has 0 saturated carbocycles. The fraction of sp³-hybridized carbons (Fsp3) is 1.00. The van der Waals surface area contributed by atoms with Crippen molar-refractivity contribution in [3.05, 3.63) is 0 Å². The van der Waals surface area contributed by atoms with Crippen LogP contribution in [0.2, 0.25) is 0 Å². The highest BCUT2D eigenvalue weighted by molar-refractivity contribution is 4.62. The second-order valence-electron chi connectivity index (χ2n) is 4.18. The number of nitrogens with one attached hydrogen (secondary N) is 1. The van der Waals surface area contributed by atoms with E-state index in [1.165, 1.54) is 32.2 Å². The molecule has 1 N–H and O–H groups in total. The van der Waals surface area contributed by atoms with Gasteiger partial charge in [-0.25, -0.2) is 0 Å². The van der Waals surface area contributed by atoms with E-state index in [0.717, 1.165) is 6.54 Å². The van der Waals surface area contributed by atoms with Crippen LogP contribution in [0.5, 0.6) is 0 Å². The Kier molecular flexibility index (Phi) is 8.46. The molecule has 2 heteroatoms. The third-order valence-corrected chi connectivity index (χ3v) is 2.16. The molecule has 0 aromatic carbocycles. The van der Waals surface area contributed by atoms with Crippen LogP contribution >= 0.6 is 0 Å². The van der Waals surface area contributed by atoms with E-state index >= 15 is 0 Å². The van der Waals surface area contributed by atoms with E-state index in [0.29, 0.717) is 6.04 Å². The van der Waals surface area contributed by atoms with Crippen molar-refractivity contribution in [1.29, 1.82) is 0 Å². The van der Waals surface area contributed by atoms with E-state index < -0.39 is 0 Å². The Morgan fingerprint density at radius 3 is 2.38 bits per heavy atom. The number of hydrogen-bond acceptors (Lipinski definition) is 2. The maximum atomic E-state index is 3.53. The van der Waals surface area contributed by atoms with Gasteiger partial charge in [0.05, 0.1) is 0 Å². The van der Waals surface area contributed by atoms with Gasteiger partial charge in [0.1, 0.15) is 0 Å². The largest absolute Gasteiger partial charge is 0.313 e. The minimum absolute atomic E-state index is 0.622. The molecular weight excluding hydrogens is 160 g/mol. The van der Waals surface area contributed by atoms with Crippen molar-refractivity contribution in [2.75, 3.05) is 27.2 Å². The van der Waals surface area contributed by atoms with E-state index in [1.54, 1.807) is 0 Å². The van der Waals surface area contributed by atoms with Gasteiger partial charge in [-0.05, 0) is 34.0 Å². The van der Waals surface area contributed by atoms with E-state index in [1.807, 2.05) is 0 Å². The van der Waals surface area contributed by atoms with E-state index in [9.17, 15) is 0 Å². The Morgan fingerprint density at radius 1 is 1.15 bits per heavy atom.